The van der Waals surface area contributed by atoms with E-state index in [0.717, 1.165) is 6.20 Å². The van der Waals surface area contributed by atoms with E-state index in [4.69, 9.17) is 28.6 Å². The second-order valence-electron chi connectivity index (χ2n) is 6.15. The van der Waals surface area contributed by atoms with Crippen molar-refractivity contribution in [3.8, 4) is 0 Å². The topological polar surface area (TPSA) is 103 Å². The number of halogens is 6. The first-order chi connectivity index (χ1) is 14.4. The number of aryl methyl sites for hydroxylation is 1. The number of urea groups is 1. The Hall–Kier alpha value is -2.92. The molecular weight excluding hydrogens is 463 g/mol. The van der Waals surface area contributed by atoms with E-state index in [-0.39, 0.29) is 33.7 Å². The molecule has 0 saturated carbocycles. The summed E-state index contributed by atoms with van der Waals surface area (Å²) in [6.07, 6.45) is -3.85. The van der Waals surface area contributed by atoms with Crippen LogP contribution in [0.15, 0.2) is 24.4 Å². The van der Waals surface area contributed by atoms with Crippen molar-refractivity contribution in [3.63, 3.8) is 0 Å². The van der Waals surface area contributed by atoms with Gasteiger partial charge < -0.3 is 16.0 Å². The number of rotatable bonds is 6. The van der Waals surface area contributed by atoms with Crippen LogP contribution >= 0.6 is 23.2 Å². The Morgan fingerprint density at radius 1 is 1.19 bits per heavy atom. The largest absolute Gasteiger partial charge is 0.433 e. The van der Waals surface area contributed by atoms with Crippen LogP contribution in [-0.4, -0.2) is 35.2 Å². The molecule has 0 aliphatic rings. The molecule has 7 nitrogen and oxygen atoms in total. The van der Waals surface area contributed by atoms with Crippen LogP contribution < -0.4 is 16.0 Å². The number of amides is 2. The van der Waals surface area contributed by atoms with E-state index in [0.29, 0.717) is 5.56 Å². The summed E-state index contributed by atoms with van der Waals surface area (Å²) in [6.45, 7) is 1.40. The molecule has 1 aromatic carbocycles. The molecule has 1 heterocycles. The smallest absolute Gasteiger partial charge is 0.393 e. The molecule has 0 saturated heterocycles. The third-order valence-electron chi connectivity index (χ3n) is 3.80. The summed E-state index contributed by atoms with van der Waals surface area (Å²) in [6, 6.07) is 3.09. The van der Waals surface area contributed by atoms with Gasteiger partial charge in [0.2, 0.25) is 0 Å². The molecule has 0 spiro atoms. The lowest BCUT2D eigenvalue weighted by Crippen LogP contribution is -2.29. The van der Waals surface area contributed by atoms with Gasteiger partial charge >= 0.3 is 12.2 Å². The number of aromatic nitrogens is 2. The molecule has 0 unspecified atom stereocenters. The van der Waals surface area contributed by atoms with Crippen LogP contribution in [0.25, 0.3) is 5.57 Å². The lowest BCUT2D eigenvalue weighted by Gasteiger charge is -2.14. The molecule has 2 amide bonds. The van der Waals surface area contributed by atoms with Gasteiger partial charge in [0.15, 0.2) is 5.82 Å². The molecule has 0 radical (unpaired) electrons. The average Bonchev–Trinajstić information content (AvgIpc) is 2.68. The first kappa shape index (κ1) is 24.4. The van der Waals surface area contributed by atoms with Crippen LogP contribution in [0.4, 0.5) is 28.0 Å². The van der Waals surface area contributed by atoms with Gasteiger partial charge in [-0.15, -0.1) is 5.10 Å². The number of anilines is 1. The summed E-state index contributed by atoms with van der Waals surface area (Å²) in [5.41, 5.74) is -1.43. The van der Waals surface area contributed by atoms with Crippen molar-refractivity contribution in [1.82, 2.24) is 20.8 Å². The molecular formula is C18H16Cl2F4N6O. The van der Waals surface area contributed by atoms with Crippen molar-refractivity contribution in [2.45, 2.75) is 19.6 Å². The summed E-state index contributed by atoms with van der Waals surface area (Å²) in [5, 5.41) is 21.8. The van der Waals surface area contributed by atoms with Gasteiger partial charge in [0.1, 0.15) is 5.71 Å². The van der Waals surface area contributed by atoms with Crippen LogP contribution in [0.2, 0.25) is 10.0 Å². The Morgan fingerprint density at radius 3 is 2.32 bits per heavy atom. The maximum atomic E-state index is 13.4. The number of hydrogen-bond acceptors (Lipinski definition) is 5. The molecule has 0 aliphatic carbocycles. The first-order valence-corrected chi connectivity index (χ1v) is 9.26. The SMILES string of the molecule is CN/C=C(\C(=N)C(F)(F)F)c1nnc(CNC(=O)Nc2cc(Cl)c(F)c(Cl)c2)cc1C. The summed E-state index contributed by atoms with van der Waals surface area (Å²) >= 11 is 11.3. The van der Waals surface area contributed by atoms with E-state index in [9.17, 15) is 22.4 Å². The predicted octanol–water partition coefficient (Wildman–Crippen LogP) is 4.69. The monoisotopic (exact) mass is 478 g/mol. The molecule has 166 valence electrons. The molecule has 0 aliphatic heterocycles. The number of alkyl halides is 3. The lowest BCUT2D eigenvalue weighted by atomic mass is 10.0. The van der Waals surface area contributed by atoms with E-state index < -0.39 is 29.3 Å². The van der Waals surface area contributed by atoms with Gasteiger partial charge in [0, 0.05) is 24.5 Å². The number of hydrogen-bond donors (Lipinski definition) is 4. The standard InChI is InChI=1S/C18H16Cl2F4N6O/c1-8-3-10(29-30-15(8)11(7-26-2)16(25)18(22,23)24)6-27-17(31)28-9-4-12(19)14(21)13(20)5-9/h3-5,7,25-26H,6H2,1-2H3,(H2,27,28,31)/b11-7-,25-16?. The minimum absolute atomic E-state index is 0.107. The predicted molar refractivity (Wildman–Crippen MR) is 110 cm³/mol. The summed E-state index contributed by atoms with van der Waals surface area (Å²) in [4.78, 5) is 12.0. The molecule has 2 rings (SSSR count). The van der Waals surface area contributed by atoms with Crippen LogP contribution in [0.3, 0.4) is 0 Å². The molecule has 2 aromatic rings. The zero-order valence-corrected chi connectivity index (χ0v) is 17.6. The van der Waals surface area contributed by atoms with Crippen LogP contribution in [0.5, 0.6) is 0 Å². The molecule has 0 fully saturated rings. The van der Waals surface area contributed by atoms with Crippen LogP contribution in [0, 0.1) is 18.2 Å². The molecule has 4 N–H and O–H groups in total. The summed E-state index contributed by atoms with van der Waals surface area (Å²) in [5.74, 6) is -0.814. The molecule has 1 aromatic heterocycles. The highest BCUT2D eigenvalue weighted by Gasteiger charge is 2.38. The van der Waals surface area contributed by atoms with Crippen molar-refractivity contribution >= 4 is 46.2 Å². The highest BCUT2D eigenvalue weighted by Crippen LogP contribution is 2.28. The Balaban J connectivity index is 2.11. The van der Waals surface area contributed by atoms with Crippen molar-refractivity contribution in [3.05, 3.63) is 57.2 Å². The first-order valence-electron chi connectivity index (χ1n) is 8.50. The number of benzene rings is 1. The number of carbonyl (C=O) groups is 1. The number of carbonyl (C=O) groups excluding carboxylic acids is 1. The van der Waals surface area contributed by atoms with Crippen LogP contribution in [-0.2, 0) is 6.54 Å². The van der Waals surface area contributed by atoms with E-state index in [1.807, 2.05) is 0 Å². The van der Waals surface area contributed by atoms with Gasteiger partial charge in [0.25, 0.3) is 0 Å². The quantitative estimate of drug-likeness (QED) is 0.274. The third-order valence-corrected chi connectivity index (χ3v) is 4.35. The fraction of sp³-hybridized carbons (Fsp3) is 0.222. The molecule has 0 bridgehead atoms. The van der Waals surface area contributed by atoms with E-state index in [1.165, 1.54) is 32.2 Å². The normalized spacial score (nSPS) is 11.8. The zero-order chi connectivity index (χ0) is 23.3. The summed E-state index contributed by atoms with van der Waals surface area (Å²) in [7, 11) is 1.39. The highest BCUT2D eigenvalue weighted by molar-refractivity contribution is 6.35. The minimum atomic E-state index is -4.86. The second-order valence-corrected chi connectivity index (χ2v) is 6.96. The number of allylic oxidation sites excluding steroid dienone is 1. The second kappa shape index (κ2) is 9.92. The summed E-state index contributed by atoms with van der Waals surface area (Å²) < 4.78 is 52.3. The van der Waals surface area contributed by atoms with Gasteiger partial charge in [0.05, 0.1) is 28.0 Å². The van der Waals surface area contributed by atoms with Gasteiger partial charge in [-0.3, -0.25) is 5.41 Å². The third kappa shape index (κ3) is 6.28. The van der Waals surface area contributed by atoms with Gasteiger partial charge in [-0.1, -0.05) is 23.2 Å². The van der Waals surface area contributed by atoms with Gasteiger partial charge in [-0.05, 0) is 30.7 Å². The van der Waals surface area contributed by atoms with E-state index in [2.05, 4.69) is 26.1 Å². The van der Waals surface area contributed by atoms with E-state index >= 15 is 0 Å². The van der Waals surface area contributed by atoms with Gasteiger partial charge in [-0.25, -0.2) is 9.18 Å². The Bertz CT molecular complexity index is 1020. The maximum Gasteiger partial charge on any atom is 0.433 e. The van der Waals surface area contributed by atoms with Crippen molar-refractivity contribution < 1.29 is 22.4 Å². The van der Waals surface area contributed by atoms with Crippen molar-refractivity contribution in [1.29, 1.82) is 5.41 Å². The Labute approximate surface area is 184 Å². The maximum absolute atomic E-state index is 13.4. The fourth-order valence-corrected chi connectivity index (χ4v) is 2.91. The van der Waals surface area contributed by atoms with Crippen LogP contribution in [0.1, 0.15) is 17.0 Å². The average molecular weight is 479 g/mol. The van der Waals surface area contributed by atoms with Crippen molar-refractivity contribution in [2.75, 3.05) is 12.4 Å². The van der Waals surface area contributed by atoms with Gasteiger partial charge in [-0.2, -0.15) is 18.3 Å². The van der Waals surface area contributed by atoms with E-state index in [1.54, 1.807) is 0 Å². The number of nitrogens with zero attached hydrogens (tertiary/aromatic N) is 2. The lowest BCUT2D eigenvalue weighted by molar-refractivity contribution is -0.0578. The Kier molecular flexibility index (Phi) is 7.80. The molecule has 0 atom stereocenters. The minimum Gasteiger partial charge on any atom is -0.393 e. The molecule has 31 heavy (non-hydrogen) atoms. The fourth-order valence-electron chi connectivity index (χ4n) is 2.42. The Morgan fingerprint density at radius 2 is 1.81 bits per heavy atom. The number of nitrogens with one attached hydrogen (secondary N) is 4. The van der Waals surface area contributed by atoms with Crippen molar-refractivity contribution in [2.24, 2.45) is 0 Å². The zero-order valence-electron chi connectivity index (χ0n) is 16.1. The highest BCUT2D eigenvalue weighted by atomic mass is 35.5. The molecule has 13 heteroatoms.